The fourth-order valence-corrected chi connectivity index (χ4v) is 2.26. The Bertz CT molecular complexity index is 672. The molecule has 0 aliphatic rings. The Morgan fingerprint density at radius 3 is 2.47 bits per heavy atom. The van der Waals surface area contributed by atoms with Crippen molar-refractivity contribution in [1.82, 2.24) is 9.97 Å². The lowest BCUT2D eigenvalue weighted by molar-refractivity contribution is 0.545. The Hall–Kier alpha value is -0.900. The van der Waals surface area contributed by atoms with Gasteiger partial charge in [0.05, 0.1) is 5.69 Å². The maximum absolute atomic E-state index is 6.22. The Morgan fingerprint density at radius 2 is 1.84 bits per heavy atom. The summed E-state index contributed by atoms with van der Waals surface area (Å²) in [5.41, 5.74) is 1.54. The third-order valence-electron chi connectivity index (χ3n) is 2.67. The van der Waals surface area contributed by atoms with Gasteiger partial charge in [0.1, 0.15) is 10.5 Å². The number of hydrogen-bond donors (Lipinski definition) is 1. The summed E-state index contributed by atoms with van der Waals surface area (Å²) in [6.45, 7) is 6.22. The van der Waals surface area contributed by atoms with Crippen molar-refractivity contribution in [1.29, 1.82) is 0 Å². The van der Waals surface area contributed by atoms with Gasteiger partial charge in [-0.3, -0.25) is 0 Å². The van der Waals surface area contributed by atoms with Gasteiger partial charge >= 0.3 is 0 Å². The molecule has 0 saturated carbocycles. The number of nitrogens with one attached hydrogen (secondary N) is 1. The number of hydrogen-bond acceptors (Lipinski definition) is 2. The van der Waals surface area contributed by atoms with Crippen molar-refractivity contribution < 1.29 is 0 Å². The molecule has 0 bridgehead atoms. The second-order valence-electron chi connectivity index (χ2n) is 5.36. The van der Waals surface area contributed by atoms with E-state index in [4.69, 9.17) is 35.4 Å². The average Bonchev–Trinajstić information content (AvgIpc) is 2.30. The van der Waals surface area contributed by atoms with E-state index in [2.05, 4.69) is 30.7 Å². The predicted octanol–water partition coefficient (Wildman–Crippen LogP) is 5.41. The van der Waals surface area contributed by atoms with Gasteiger partial charge in [-0.15, -0.1) is 0 Å². The Morgan fingerprint density at radius 1 is 1.16 bits per heavy atom. The summed E-state index contributed by atoms with van der Waals surface area (Å²) in [6, 6.07) is 7.14. The molecule has 1 aromatic carbocycles. The normalized spacial score (nSPS) is 11.6. The third kappa shape index (κ3) is 3.35. The van der Waals surface area contributed by atoms with Gasteiger partial charge in [-0.2, -0.15) is 0 Å². The van der Waals surface area contributed by atoms with Crippen LogP contribution in [0.1, 0.15) is 26.6 Å². The van der Waals surface area contributed by atoms with Crippen LogP contribution in [-0.4, -0.2) is 9.97 Å². The van der Waals surface area contributed by atoms with Crippen molar-refractivity contribution in [3.05, 3.63) is 44.8 Å². The molecule has 2 nitrogen and oxygen atoms in total. The van der Waals surface area contributed by atoms with Crippen LogP contribution in [0.15, 0.2) is 24.3 Å². The highest BCUT2D eigenvalue weighted by Crippen LogP contribution is 2.30. The zero-order valence-corrected chi connectivity index (χ0v) is 13.2. The van der Waals surface area contributed by atoms with E-state index in [0.29, 0.717) is 14.7 Å². The summed E-state index contributed by atoms with van der Waals surface area (Å²) in [5.74, 6) is 0.825. The average molecular weight is 313 g/mol. The Labute approximate surface area is 127 Å². The van der Waals surface area contributed by atoms with E-state index < -0.39 is 0 Å². The summed E-state index contributed by atoms with van der Waals surface area (Å²) in [6.07, 6.45) is 0. The van der Waals surface area contributed by atoms with Gasteiger partial charge in [-0.05, 0) is 24.3 Å². The predicted molar refractivity (Wildman–Crippen MR) is 83.6 cm³/mol. The molecule has 1 aromatic heterocycles. The summed E-state index contributed by atoms with van der Waals surface area (Å²) in [7, 11) is 0. The van der Waals surface area contributed by atoms with Crippen molar-refractivity contribution in [2.75, 3.05) is 0 Å². The number of halogens is 2. The highest BCUT2D eigenvalue weighted by atomic mass is 35.5. The summed E-state index contributed by atoms with van der Waals surface area (Å²) >= 11 is 17.5. The molecule has 1 heterocycles. The zero-order chi connectivity index (χ0) is 14.2. The van der Waals surface area contributed by atoms with E-state index >= 15 is 0 Å². The molecule has 0 aliphatic heterocycles. The lowest BCUT2D eigenvalue weighted by atomic mass is 9.95. The molecule has 19 heavy (non-hydrogen) atoms. The topological polar surface area (TPSA) is 28.7 Å². The van der Waals surface area contributed by atoms with Gasteiger partial charge in [0.2, 0.25) is 0 Å². The second-order valence-corrected chi connectivity index (χ2v) is 6.62. The van der Waals surface area contributed by atoms with Crippen LogP contribution >= 0.6 is 35.4 Å². The molecule has 100 valence electrons. The van der Waals surface area contributed by atoms with Crippen LogP contribution in [-0.2, 0) is 5.41 Å². The monoisotopic (exact) mass is 312 g/mol. The van der Waals surface area contributed by atoms with Crippen LogP contribution in [0.2, 0.25) is 10.0 Å². The van der Waals surface area contributed by atoms with Crippen molar-refractivity contribution >= 4 is 35.4 Å². The molecular weight excluding hydrogens is 299 g/mol. The highest BCUT2D eigenvalue weighted by molar-refractivity contribution is 7.71. The smallest absolute Gasteiger partial charge is 0.130 e. The SMILES string of the molecule is CC(C)(C)c1nc(=S)cc(-c2cc(Cl)ccc2Cl)[nH]1. The summed E-state index contributed by atoms with van der Waals surface area (Å²) < 4.78 is 0.537. The Balaban J connectivity index is 2.66. The molecular formula is C14H14Cl2N2S. The molecule has 1 N–H and O–H groups in total. The summed E-state index contributed by atoms with van der Waals surface area (Å²) in [4.78, 5) is 7.65. The fraction of sp³-hybridized carbons (Fsp3) is 0.286. The lowest BCUT2D eigenvalue weighted by Crippen LogP contribution is -2.16. The first-order chi connectivity index (χ1) is 8.77. The lowest BCUT2D eigenvalue weighted by Gasteiger charge is -2.18. The maximum atomic E-state index is 6.22. The third-order valence-corrected chi connectivity index (χ3v) is 3.45. The van der Waals surface area contributed by atoms with Gasteiger partial charge in [-0.25, -0.2) is 4.98 Å². The number of aromatic nitrogens is 2. The molecule has 0 amide bonds. The quantitative estimate of drug-likeness (QED) is 0.713. The maximum Gasteiger partial charge on any atom is 0.130 e. The first kappa shape index (κ1) is 14.5. The molecule has 2 rings (SSSR count). The number of nitrogens with zero attached hydrogens (tertiary/aromatic N) is 1. The van der Waals surface area contributed by atoms with Crippen LogP contribution in [0.4, 0.5) is 0 Å². The van der Waals surface area contributed by atoms with Crippen LogP contribution < -0.4 is 0 Å². The van der Waals surface area contributed by atoms with Crippen LogP contribution in [0, 0.1) is 4.64 Å². The Kier molecular flexibility index (Phi) is 4.00. The minimum atomic E-state index is -0.116. The number of benzene rings is 1. The van der Waals surface area contributed by atoms with Crippen LogP contribution in [0.25, 0.3) is 11.3 Å². The largest absolute Gasteiger partial charge is 0.343 e. The van der Waals surface area contributed by atoms with Gasteiger partial charge in [0, 0.05) is 21.0 Å². The van der Waals surface area contributed by atoms with Gasteiger partial charge in [-0.1, -0.05) is 56.2 Å². The van der Waals surface area contributed by atoms with Crippen LogP contribution in [0.5, 0.6) is 0 Å². The van der Waals surface area contributed by atoms with Crippen LogP contribution in [0.3, 0.4) is 0 Å². The molecule has 0 fully saturated rings. The molecule has 0 saturated heterocycles. The van der Waals surface area contributed by atoms with Crippen molar-refractivity contribution in [2.24, 2.45) is 0 Å². The zero-order valence-electron chi connectivity index (χ0n) is 10.9. The van der Waals surface area contributed by atoms with Crippen molar-refractivity contribution in [3.63, 3.8) is 0 Å². The number of rotatable bonds is 1. The standard InChI is InChI=1S/C14H14Cl2N2S/c1-14(2,3)13-17-11(7-12(19)18-13)9-6-8(15)4-5-10(9)16/h4-7H,1-3H3,(H,17,18,19). The molecule has 0 radical (unpaired) electrons. The minimum Gasteiger partial charge on any atom is -0.343 e. The molecule has 0 atom stereocenters. The molecule has 0 spiro atoms. The van der Waals surface area contributed by atoms with Crippen molar-refractivity contribution in [2.45, 2.75) is 26.2 Å². The first-order valence-electron chi connectivity index (χ1n) is 5.84. The van der Waals surface area contributed by atoms with Crippen molar-refractivity contribution in [3.8, 4) is 11.3 Å². The van der Waals surface area contributed by atoms with Gasteiger partial charge in [0.15, 0.2) is 0 Å². The van der Waals surface area contributed by atoms with E-state index in [0.717, 1.165) is 17.1 Å². The van der Waals surface area contributed by atoms with E-state index in [1.165, 1.54) is 0 Å². The summed E-state index contributed by atoms with van der Waals surface area (Å²) in [5, 5.41) is 1.26. The van der Waals surface area contributed by atoms with Gasteiger partial charge in [0.25, 0.3) is 0 Å². The molecule has 2 aromatic rings. The first-order valence-corrected chi connectivity index (χ1v) is 7.01. The minimum absolute atomic E-state index is 0.116. The molecule has 5 heteroatoms. The van der Waals surface area contributed by atoms with E-state index in [1.807, 2.05) is 6.07 Å². The fourth-order valence-electron chi connectivity index (χ4n) is 1.66. The van der Waals surface area contributed by atoms with E-state index in [-0.39, 0.29) is 5.41 Å². The van der Waals surface area contributed by atoms with E-state index in [9.17, 15) is 0 Å². The van der Waals surface area contributed by atoms with Gasteiger partial charge < -0.3 is 4.98 Å². The molecule has 0 unspecified atom stereocenters. The number of aromatic amines is 1. The molecule has 0 aliphatic carbocycles. The highest BCUT2D eigenvalue weighted by Gasteiger charge is 2.17. The number of H-pyrrole nitrogens is 1. The second kappa shape index (κ2) is 5.23. The van der Waals surface area contributed by atoms with E-state index in [1.54, 1.807) is 18.2 Å².